The molecule has 2 atom stereocenters. The zero-order chi connectivity index (χ0) is 19.8. The highest BCUT2D eigenvalue weighted by Crippen LogP contribution is 2.24. The van der Waals surface area contributed by atoms with Crippen LogP contribution < -0.4 is 4.74 Å². The lowest BCUT2D eigenvalue weighted by molar-refractivity contribution is -0.0198. The Hall–Kier alpha value is -3.38. The number of fused-ring (bicyclic) bond motifs is 2. The van der Waals surface area contributed by atoms with Gasteiger partial charge in [-0.15, -0.1) is 0 Å². The van der Waals surface area contributed by atoms with E-state index in [9.17, 15) is 9.90 Å². The lowest BCUT2D eigenvalue weighted by Crippen LogP contribution is -2.51. The Morgan fingerprint density at radius 1 is 1.14 bits per heavy atom. The van der Waals surface area contributed by atoms with E-state index in [-0.39, 0.29) is 18.6 Å². The molecule has 1 amide bonds. The molecule has 6 heteroatoms. The van der Waals surface area contributed by atoms with Crippen molar-refractivity contribution in [3.63, 3.8) is 0 Å². The Labute approximate surface area is 167 Å². The molecule has 1 aliphatic rings. The van der Waals surface area contributed by atoms with E-state index in [1.54, 1.807) is 11.1 Å². The molecule has 0 radical (unpaired) electrons. The van der Waals surface area contributed by atoms with Crippen molar-refractivity contribution in [3.8, 4) is 5.75 Å². The highest BCUT2D eigenvalue weighted by atomic mass is 16.5. The fraction of sp³-hybridized carbons (Fsp3) is 0.217. The van der Waals surface area contributed by atoms with E-state index in [1.165, 1.54) is 0 Å². The number of H-pyrrole nitrogens is 1. The van der Waals surface area contributed by atoms with E-state index in [0.29, 0.717) is 24.3 Å². The number of nitrogens with one attached hydrogen (secondary N) is 1. The zero-order valence-electron chi connectivity index (χ0n) is 15.8. The number of benzene rings is 2. The summed E-state index contributed by atoms with van der Waals surface area (Å²) in [5.41, 5.74) is 2.45. The van der Waals surface area contributed by atoms with Gasteiger partial charge in [-0.2, -0.15) is 0 Å². The molecule has 0 aliphatic carbocycles. The van der Waals surface area contributed by atoms with Crippen LogP contribution in [0.25, 0.3) is 21.8 Å². The lowest BCUT2D eigenvalue weighted by atomic mass is 10.0. The van der Waals surface area contributed by atoms with Crippen LogP contribution in [-0.2, 0) is 0 Å². The highest BCUT2D eigenvalue weighted by molar-refractivity contribution is 5.98. The predicted molar refractivity (Wildman–Crippen MR) is 111 cm³/mol. The Morgan fingerprint density at radius 2 is 2.07 bits per heavy atom. The summed E-state index contributed by atoms with van der Waals surface area (Å²) >= 11 is 0. The van der Waals surface area contributed by atoms with Crippen LogP contribution in [0.4, 0.5) is 0 Å². The first-order valence-electron chi connectivity index (χ1n) is 9.73. The number of piperidine rings is 1. The van der Waals surface area contributed by atoms with Crippen LogP contribution in [0.3, 0.4) is 0 Å². The fourth-order valence-corrected chi connectivity index (χ4v) is 3.90. The van der Waals surface area contributed by atoms with Crippen LogP contribution in [-0.4, -0.2) is 51.2 Å². The van der Waals surface area contributed by atoms with E-state index < -0.39 is 6.10 Å². The maximum Gasteiger partial charge on any atom is 0.254 e. The standard InChI is InChI=1S/C23H21N3O3/c27-21-14-26(23(28)17-4-3-15-7-10-25-20(15)13-17)11-8-22(21)29-18-5-6-19-16(12-18)2-1-9-24-19/h1-7,9-10,12-13,21-22,25,27H,8,11,14H2/t21-,22-/m1/s1. The van der Waals surface area contributed by atoms with Gasteiger partial charge in [-0.05, 0) is 47.9 Å². The third-order valence-electron chi connectivity index (χ3n) is 5.47. The van der Waals surface area contributed by atoms with Gasteiger partial charge in [0.2, 0.25) is 0 Å². The second kappa shape index (κ2) is 7.22. The molecule has 4 aromatic rings. The minimum Gasteiger partial charge on any atom is -0.488 e. The average molecular weight is 387 g/mol. The number of carbonyl (C=O) groups is 1. The summed E-state index contributed by atoms with van der Waals surface area (Å²) in [5, 5.41) is 12.7. The Kier molecular flexibility index (Phi) is 4.41. The number of aliphatic hydroxyl groups is 1. The smallest absolute Gasteiger partial charge is 0.254 e. The largest absolute Gasteiger partial charge is 0.488 e. The molecule has 6 nitrogen and oxygen atoms in total. The van der Waals surface area contributed by atoms with Gasteiger partial charge in [0.25, 0.3) is 5.91 Å². The van der Waals surface area contributed by atoms with Gasteiger partial charge in [-0.3, -0.25) is 9.78 Å². The van der Waals surface area contributed by atoms with Crippen molar-refractivity contribution in [1.29, 1.82) is 0 Å². The van der Waals surface area contributed by atoms with E-state index in [4.69, 9.17) is 4.74 Å². The van der Waals surface area contributed by atoms with Crippen LogP contribution in [0.15, 0.2) is 67.0 Å². The first-order chi connectivity index (χ1) is 14.2. The number of aromatic amines is 1. The molecule has 0 saturated carbocycles. The van der Waals surface area contributed by atoms with Gasteiger partial charge in [0.1, 0.15) is 18.0 Å². The third-order valence-corrected chi connectivity index (χ3v) is 5.47. The van der Waals surface area contributed by atoms with Crippen molar-refractivity contribution in [3.05, 3.63) is 72.6 Å². The topological polar surface area (TPSA) is 78.5 Å². The van der Waals surface area contributed by atoms with Gasteiger partial charge < -0.3 is 19.7 Å². The van der Waals surface area contributed by atoms with Gasteiger partial charge in [0, 0.05) is 41.8 Å². The fourth-order valence-electron chi connectivity index (χ4n) is 3.90. The molecular formula is C23H21N3O3. The number of rotatable bonds is 3. The quantitative estimate of drug-likeness (QED) is 0.565. The Morgan fingerprint density at radius 3 is 2.97 bits per heavy atom. The molecule has 1 aliphatic heterocycles. The van der Waals surface area contributed by atoms with Crippen LogP contribution in [0.1, 0.15) is 16.8 Å². The van der Waals surface area contributed by atoms with Crippen molar-refractivity contribution >= 4 is 27.7 Å². The maximum absolute atomic E-state index is 12.9. The molecule has 2 aromatic carbocycles. The second-order valence-electron chi connectivity index (χ2n) is 7.40. The summed E-state index contributed by atoms with van der Waals surface area (Å²) in [4.78, 5) is 22.0. The van der Waals surface area contributed by atoms with Crippen molar-refractivity contribution < 1.29 is 14.6 Å². The molecule has 0 unspecified atom stereocenters. The SMILES string of the molecule is O=C(c1ccc2cc[nH]c2c1)N1CC[C@@H](Oc2ccc3ncccc3c2)[C@H](O)C1. The van der Waals surface area contributed by atoms with Crippen LogP contribution in [0.5, 0.6) is 5.75 Å². The number of aromatic nitrogens is 2. The molecule has 3 heterocycles. The summed E-state index contributed by atoms with van der Waals surface area (Å²) in [6.07, 6.45) is 3.09. The molecule has 5 rings (SSSR count). The number of amides is 1. The molecule has 0 bridgehead atoms. The van der Waals surface area contributed by atoms with Gasteiger partial charge >= 0.3 is 0 Å². The number of pyridine rings is 1. The average Bonchev–Trinajstić information content (AvgIpc) is 3.22. The minimum absolute atomic E-state index is 0.0734. The summed E-state index contributed by atoms with van der Waals surface area (Å²) in [5.74, 6) is 0.627. The lowest BCUT2D eigenvalue weighted by Gasteiger charge is -2.36. The van der Waals surface area contributed by atoms with Crippen LogP contribution >= 0.6 is 0 Å². The monoisotopic (exact) mass is 387 g/mol. The van der Waals surface area contributed by atoms with Crippen molar-refractivity contribution in [2.75, 3.05) is 13.1 Å². The molecule has 2 aromatic heterocycles. The predicted octanol–water partition coefficient (Wildman–Crippen LogP) is 3.37. The van der Waals surface area contributed by atoms with Crippen LogP contribution in [0.2, 0.25) is 0 Å². The summed E-state index contributed by atoms with van der Waals surface area (Å²) < 4.78 is 6.04. The third kappa shape index (κ3) is 3.43. The van der Waals surface area contributed by atoms with Gasteiger partial charge in [0.05, 0.1) is 12.1 Å². The van der Waals surface area contributed by atoms with Gasteiger partial charge in [0.15, 0.2) is 0 Å². The minimum atomic E-state index is -0.744. The molecule has 146 valence electrons. The summed E-state index contributed by atoms with van der Waals surface area (Å²) in [6, 6.07) is 17.2. The van der Waals surface area contributed by atoms with Crippen molar-refractivity contribution in [2.45, 2.75) is 18.6 Å². The van der Waals surface area contributed by atoms with E-state index in [2.05, 4.69) is 9.97 Å². The van der Waals surface area contributed by atoms with Crippen molar-refractivity contribution in [1.82, 2.24) is 14.9 Å². The van der Waals surface area contributed by atoms with Crippen molar-refractivity contribution in [2.24, 2.45) is 0 Å². The number of hydrogen-bond donors (Lipinski definition) is 2. The zero-order valence-corrected chi connectivity index (χ0v) is 15.8. The molecular weight excluding hydrogens is 366 g/mol. The molecule has 0 spiro atoms. The molecule has 2 N–H and O–H groups in total. The number of ether oxygens (including phenoxy) is 1. The summed E-state index contributed by atoms with van der Waals surface area (Å²) in [6.45, 7) is 0.792. The van der Waals surface area contributed by atoms with E-state index in [0.717, 1.165) is 21.8 Å². The number of likely N-dealkylation sites (tertiary alicyclic amines) is 1. The molecule has 29 heavy (non-hydrogen) atoms. The highest BCUT2D eigenvalue weighted by Gasteiger charge is 2.32. The number of nitrogens with zero attached hydrogens (tertiary/aromatic N) is 2. The molecule has 1 fully saturated rings. The first kappa shape index (κ1) is 17.7. The second-order valence-corrected chi connectivity index (χ2v) is 7.40. The Bertz CT molecular complexity index is 1190. The number of β-amino-alcohol motifs (C(OH)–C–C–N with tert-alkyl or cyclic N) is 1. The normalized spacial score (nSPS) is 19.6. The van der Waals surface area contributed by atoms with E-state index in [1.807, 2.05) is 60.8 Å². The van der Waals surface area contributed by atoms with Crippen LogP contribution in [0, 0.1) is 0 Å². The first-order valence-corrected chi connectivity index (χ1v) is 9.73. The maximum atomic E-state index is 12.9. The number of aliphatic hydroxyl groups excluding tert-OH is 1. The van der Waals surface area contributed by atoms with Gasteiger partial charge in [-0.25, -0.2) is 0 Å². The molecule has 1 saturated heterocycles. The summed E-state index contributed by atoms with van der Waals surface area (Å²) in [7, 11) is 0. The number of carbonyl (C=O) groups excluding carboxylic acids is 1. The number of hydrogen-bond acceptors (Lipinski definition) is 4. The van der Waals surface area contributed by atoms with Gasteiger partial charge in [-0.1, -0.05) is 12.1 Å². The van der Waals surface area contributed by atoms with E-state index >= 15 is 0 Å². The Balaban J connectivity index is 1.27.